The largest absolute Gasteiger partial charge is 0.334 e. The van der Waals surface area contributed by atoms with Gasteiger partial charge in [0.2, 0.25) is 0 Å². The van der Waals surface area contributed by atoms with Crippen LogP contribution >= 0.6 is 0 Å². The third-order valence-corrected chi connectivity index (χ3v) is 3.74. The standard InChI is InChI=1S/C11H19N3O2S/c1-4-6-7-8-12-17(15,16)11-9-14(5-2)10(3)13-11/h4,6,9,12H,5,7-8H2,1-3H3/b6-4+. The second kappa shape index (κ2) is 5.97. The predicted molar refractivity (Wildman–Crippen MR) is 67.3 cm³/mol. The summed E-state index contributed by atoms with van der Waals surface area (Å²) in [5.41, 5.74) is 0. The lowest BCUT2D eigenvalue weighted by Crippen LogP contribution is -2.24. The summed E-state index contributed by atoms with van der Waals surface area (Å²) < 4.78 is 28.1. The molecule has 17 heavy (non-hydrogen) atoms. The zero-order chi connectivity index (χ0) is 12.9. The maximum atomic E-state index is 11.9. The number of sulfonamides is 1. The Morgan fingerprint density at radius 1 is 1.53 bits per heavy atom. The number of allylic oxidation sites excluding steroid dienone is 1. The summed E-state index contributed by atoms with van der Waals surface area (Å²) in [6.45, 7) is 6.76. The Hall–Kier alpha value is -1.14. The van der Waals surface area contributed by atoms with Crippen LogP contribution in [0.25, 0.3) is 0 Å². The number of aryl methyl sites for hydroxylation is 2. The van der Waals surface area contributed by atoms with Gasteiger partial charge in [0.1, 0.15) is 5.82 Å². The molecule has 0 atom stereocenters. The van der Waals surface area contributed by atoms with Crippen LogP contribution in [-0.4, -0.2) is 24.5 Å². The maximum Gasteiger partial charge on any atom is 0.259 e. The van der Waals surface area contributed by atoms with Crippen LogP contribution in [0.4, 0.5) is 0 Å². The van der Waals surface area contributed by atoms with Gasteiger partial charge in [0.25, 0.3) is 10.0 Å². The molecule has 0 radical (unpaired) electrons. The van der Waals surface area contributed by atoms with Gasteiger partial charge in [-0.15, -0.1) is 0 Å². The van der Waals surface area contributed by atoms with Crippen LogP contribution in [0.15, 0.2) is 23.4 Å². The van der Waals surface area contributed by atoms with E-state index in [4.69, 9.17) is 0 Å². The molecule has 0 saturated heterocycles. The van der Waals surface area contributed by atoms with Gasteiger partial charge < -0.3 is 4.57 Å². The average Bonchev–Trinajstić information content (AvgIpc) is 2.67. The fourth-order valence-corrected chi connectivity index (χ4v) is 2.50. The second-order valence-electron chi connectivity index (χ2n) is 3.67. The number of hydrogen-bond donors (Lipinski definition) is 1. The van der Waals surface area contributed by atoms with Crippen LogP contribution in [0.3, 0.4) is 0 Å². The molecule has 0 aromatic carbocycles. The van der Waals surface area contributed by atoms with E-state index in [1.54, 1.807) is 17.7 Å². The average molecular weight is 257 g/mol. The number of nitrogens with one attached hydrogen (secondary N) is 1. The topological polar surface area (TPSA) is 64.0 Å². The third kappa shape index (κ3) is 3.67. The van der Waals surface area contributed by atoms with E-state index in [-0.39, 0.29) is 5.03 Å². The van der Waals surface area contributed by atoms with Crippen molar-refractivity contribution < 1.29 is 8.42 Å². The molecule has 0 amide bonds. The molecule has 0 aliphatic rings. The van der Waals surface area contributed by atoms with Crippen molar-refractivity contribution >= 4 is 10.0 Å². The van der Waals surface area contributed by atoms with Gasteiger partial charge in [-0.1, -0.05) is 12.2 Å². The first-order valence-corrected chi connectivity index (χ1v) is 7.14. The van der Waals surface area contributed by atoms with Crippen molar-refractivity contribution in [3.8, 4) is 0 Å². The summed E-state index contributed by atoms with van der Waals surface area (Å²) in [5.74, 6) is 0.710. The van der Waals surface area contributed by atoms with E-state index in [0.717, 1.165) is 0 Å². The van der Waals surface area contributed by atoms with Gasteiger partial charge in [0.15, 0.2) is 5.03 Å². The van der Waals surface area contributed by atoms with Crippen molar-refractivity contribution in [2.75, 3.05) is 6.54 Å². The van der Waals surface area contributed by atoms with E-state index in [1.807, 2.05) is 26.0 Å². The van der Waals surface area contributed by atoms with Crippen LogP contribution in [0.5, 0.6) is 0 Å². The second-order valence-corrected chi connectivity index (χ2v) is 5.38. The fraction of sp³-hybridized carbons (Fsp3) is 0.545. The lowest BCUT2D eigenvalue weighted by atomic mass is 10.4. The molecule has 0 bridgehead atoms. The van der Waals surface area contributed by atoms with Gasteiger partial charge in [-0.3, -0.25) is 0 Å². The zero-order valence-corrected chi connectivity index (χ0v) is 11.3. The molecule has 0 unspecified atom stereocenters. The molecule has 0 aliphatic carbocycles. The van der Waals surface area contributed by atoms with Crippen LogP contribution < -0.4 is 4.72 Å². The van der Waals surface area contributed by atoms with E-state index in [9.17, 15) is 8.42 Å². The third-order valence-electron chi connectivity index (χ3n) is 2.41. The highest BCUT2D eigenvalue weighted by atomic mass is 32.2. The lowest BCUT2D eigenvalue weighted by Gasteiger charge is -2.01. The SMILES string of the molecule is C/C=C/CCNS(=O)(=O)c1cn(CC)c(C)n1. The molecule has 1 rings (SSSR count). The molecular formula is C11H19N3O2S. The van der Waals surface area contributed by atoms with Gasteiger partial charge >= 0.3 is 0 Å². The van der Waals surface area contributed by atoms with E-state index in [0.29, 0.717) is 25.3 Å². The van der Waals surface area contributed by atoms with Crippen LogP contribution in [0, 0.1) is 6.92 Å². The van der Waals surface area contributed by atoms with Gasteiger partial charge in [0, 0.05) is 19.3 Å². The summed E-state index contributed by atoms with van der Waals surface area (Å²) in [7, 11) is -3.47. The van der Waals surface area contributed by atoms with E-state index in [1.165, 1.54) is 0 Å². The molecule has 5 nitrogen and oxygen atoms in total. The normalized spacial score (nSPS) is 12.4. The molecule has 0 aliphatic heterocycles. The smallest absolute Gasteiger partial charge is 0.259 e. The summed E-state index contributed by atoms with van der Waals surface area (Å²) >= 11 is 0. The number of imidazole rings is 1. The molecule has 6 heteroatoms. The van der Waals surface area contributed by atoms with Gasteiger partial charge in [0.05, 0.1) is 0 Å². The molecule has 1 aromatic rings. The predicted octanol–water partition coefficient (Wildman–Crippen LogP) is 1.46. The quantitative estimate of drug-likeness (QED) is 0.620. The Kier molecular flexibility index (Phi) is 4.89. The molecule has 0 spiro atoms. The van der Waals surface area contributed by atoms with Gasteiger partial charge in [-0.25, -0.2) is 18.1 Å². The Morgan fingerprint density at radius 2 is 2.24 bits per heavy atom. The Balaban J connectivity index is 2.75. The summed E-state index contributed by atoms with van der Waals surface area (Å²) in [4.78, 5) is 4.05. The van der Waals surface area contributed by atoms with Crippen molar-refractivity contribution in [3.63, 3.8) is 0 Å². The van der Waals surface area contributed by atoms with Crippen LogP contribution in [0.1, 0.15) is 26.1 Å². The first-order valence-electron chi connectivity index (χ1n) is 5.66. The monoisotopic (exact) mass is 257 g/mol. The summed E-state index contributed by atoms with van der Waals surface area (Å²) in [6, 6.07) is 0. The fourth-order valence-electron chi connectivity index (χ4n) is 1.45. The van der Waals surface area contributed by atoms with Crippen molar-refractivity contribution in [3.05, 3.63) is 24.2 Å². The molecular weight excluding hydrogens is 238 g/mol. The van der Waals surface area contributed by atoms with E-state index >= 15 is 0 Å². The number of nitrogens with zero attached hydrogens (tertiary/aromatic N) is 2. The lowest BCUT2D eigenvalue weighted by molar-refractivity contribution is 0.578. The number of rotatable bonds is 6. The van der Waals surface area contributed by atoms with Crippen LogP contribution in [0.2, 0.25) is 0 Å². The Labute approximate surface area is 103 Å². The highest BCUT2D eigenvalue weighted by Gasteiger charge is 2.17. The molecule has 96 valence electrons. The van der Waals surface area contributed by atoms with Crippen molar-refractivity contribution in [2.24, 2.45) is 0 Å². The molecule has 1 heterocycles. The van der Waals surface area contributed by atoms with E-state index < -0.39 is 10.0 Å². The zero-order valence-electron chi connectivity index (χ0n) is 10.5. The molecule has 1 aromatic heterocycles. The van der Waals surface area contributed by atoms with Crippen molar-refractivity contribution in [1.29, 1.82) is 0 Å². The Morgan fingerprint density at radius 3 is 2.76 bits per heavy atom. The molecule has 0 fully saturated rings. The highest BCUT2D eigenvalue weighted by Crippen LogP contribution is 2.08. The molecule has 0 saturated carbocycles. The van der Waals surface area contributed by atoms with Crippen molar-refractivity contribution in [1.82, 2.24) is 14.3 Å². The number of aromatic nitrogens is 2. The first kappa shape index (κ1) is 13.9. The first-order chi connectivity index (χ1) is 8.01. The maximum absolute atomic E-state index is 11.9. The molecule has 1 N–H and O–H groups in total. The Bertz CT molecular complexity index is 489. The minimum absolute atomic E-state index is 0.0947. The summed E-state index contributed by atoms with van der Waals surface area (Å²) in [6.07, 6.45) is 6.05. The van der Waals surface area contributed by atoms with Crippen molar-refractivity contribution in [2.45, 2.75) is 38.8 Å². The number of hydrogen-bond acceptors (Lipinski definition) is 3. The highest BCUT2D eigenvalue weighted by molar-refractivity contribution is 7.89. The van der Waals surface area contributed by atoms with Gasteiger partial charge in [-0.05, 0) is 27.2 Å². The van der Waals surface area contributed by atoms with Gasteiger partial charge in [-0.2, -0.15) is 0 Å². The minimum Gasteiger partial charge on any atom is -0.334 e. The minimum atomic E-state index is -3.47. The van der Waals surface area contributed by atoms with E-state index in [2.05, 4.69) is 9.71 Å². The van der Waals surface area contributed by atoms with Crippen LogP contribution in [-0.2, 0) is 16.6 Å². The summed E-state index contributed by atoms with van der Waals surface area (Å²) in [5, 5.41) is 0.0947.